The zero-order valence-electron chi connectivity index (χ0n) is 16.3. The van der Waals surface area contributed by atoms with Crippen molar-refractivity contribution in [2.24, 2.45) is 0 Å². The number of nitrogen functional groups attached to an aromatic ring is 1. The summed E-state index contributed by atoms with van der Waals surface area (Å²) in [6.07, 6.45) is -4.94. The van der Waals surface area contributed by atoms with E-state index in [-0.39, 0.29) is 0 Å². The summed E-state index contributed by atoms with van der Waals surface area (Å²) in [5.41, 5.74) is 9.07. The molecule has 8 heteroatoms. The molecule has 1 heterocycles. The number of aryl methyl sites for hydroxylation is 1. The van der Waals surface area contributed by atoms with Gasteiger partial charge in [0, 0.05) is 18.2 Å². The normalized spacial score (nSPS) is 26.7. The molecule has 5 unspecified atom stereocenters. The highest BCUT2D eigenvalue weighted by molar-refractivity contribution is 5.76. The molecule has 1 saturated heterocycles. The van der Waals surface area contributed by atoms with E-state index < -0.39 is 43.2 Å². The molecule has 0 aliphatic carbocycles. The second-order valence-corrected chi connectivity index (χ2v) is 7.12. The molecule has 3 rings (SSSR count). The van der Waals surface area contributed by atoms with Gasteiger partial charge in [-0.25, -0.2) is 0 Å². The number of rotatable bonds is 5. The number of anilines is 1. The van der Waals surface area contributed by atoms with E-state index in [4.69, 9.17) is 15.2 Å². The molecule has 0 radical (unpaired) electrons. The Morgan fingerprint density at radius 1 is 1.21 bits per heavy atom. The largest absolute Gasteiger partial charge is 0.462 e. The average molecular weight is 402 g/mol. The lowest BCUT2D eigenvalue weighted by Gasteiger charge is -2.42. The van der Waals surface area contributed by atoms with Crippen LogP contribution in [0, 0.1) is 6.92 Å². The second-order valence-electron chi connectivity index (χ2n) is 7.12. The first kappa shape index (κ1) is 21.1. The van der Waals surface area contributed by atoms with Crippen molar-refractivity contribution in [1.82, 2.24) is 5.32 Å². The molecule has 6 N–H and O–H groups in total. The number of amides is 1. The Kier molecular flexibility index (Phi) is 6.39. The molecule has 8 nitrogen and oxygen atoms in total. The van der Waals surface area contributed by atoms with Crippen molar-refractivity contribution in [3.8, 4) is 16.9 Å². The van der Waals surface area contributed by atoms with E-state index >= 15 is 0 Å². The second kappa shape index (κ2) is 8.79. The van der Waals surface area contributed by atoms with Crippen LogP contribution in [0.3, 0.4) is 0 Å². The third-order valence-electron chi connectivity index (χ3n) is 4.90. The number of carbonyl (C=O) groups excluding carboxylic acids is 1. The molecule has 2 aromatic carbocycles. The topological polar surface area (TPSA) is 134 Å². The fraction of sp³-hybridized carbons (Fsp3) is 0.381. The third-order valence-corrected chi connectivity index (χ3v) is 4.90. The fourth-order valence-corrected chi connectivity index (χ4v) is 3.50. The summed E-state index contributed by atoms with van der Waals surface area (Å²) in [7, 11) is 0. The van der Waals surface area contributed by atoms with E-state index in [1.807, 2.05) is 37.3 Å². The van der Waals surface area contributed by atoms with Gasteiger partial charge in [-0.2, -0.15) is 0 Å². The minimum absolute atomic E-state index is 0.416. The fourth-order valence-electron chi connectivity index (χ4n) is 3.50. The molecule has 5 atom stereocenters. The van der Waals surface area contributed by atoms with Crippen LogP contribution in [0.1, 0.15) is 12.5 Å². The van der Waals surface area contributed by atoms with Gasteiger partial charge < -0.3 is 35.8 Å². The van der Waals surface area contributed by atoms with Gasteiger partial charge in [0.2, 0.25) is 12.2 Å². The molecule has 0 spiro atoms. The van der Waals surface area contributed by atoms with Crippen LogP contribution in [0.2, 0.25) is 0 Å². The number of aliphatic hydroxyl groups is 3. The van der Waals surface area contributed by atoms with E-state index in [1.165, 1.54) is 6.92 Å². The molecule has 29 heavy (non-hydrogen) atoms. The van der Waals surface area contributed by atoms with E-state index in [9.17, 15) is 20.1 Å². The van der Waals surface area contributed by atoms with Crippen LogP contribution in [0.15, 0.2) is 42.5 Å². The lowest BCUT2D eigenvalue weighted by molar-refractivity contribution is -0.244. The summed E-state index contributed by atoms with van der Waals surface area (Å²) in [5, 5.41) is 32.7. The van der Waals surface area contributed by atoms with Crippen LogP contribution >= 0.6 is 0 Å². The summed E-state index contributed by atoms with van der Waals surface area (Å²) < 4.78 is 11.7. The molecule has 1 aliphatic heterocycles. The van der Waals surface area contributed by atoms with Crippen molar-refractivity contribution in [2.75, 3.05) is 12.3 Å². The van der Waals surface area contributed by atoms with Crippen molar-refractivity contribution in [1.29, 1.82) is 0 Å². The van der Waals surface area contributed by atoms with Crippen LogP contribution in [0.5, 0.6) is 5.75 Å². The summed E-state index contributed by atoms with van der Waals surface area (Å²) in [6, 6.07) is 11.8. The molecule has 1 amide bonds. The zero-order chi connectivity index (χ0) is 21.1. The Morgan fingerprint density at radius 2 is 1.93 bits per heavy atom. The number of nitrogens with two attached hydrogens (primary N) is 1. The first-order chi connectivity index (χ1) is 13.8. The molecule has 0 aromatic heterocycles. The molecular weight excluding hydrogens is 376 g/mol. The minimum atomic E-state index is -1.38. The average Bonchev–Trinajstić information content (AvgIpc) is 2.67. The van der Waals surface area contributed by atoms with E-state index in [1.54, 1.807) is 12.1 Å². The standard InChI is InChI=1S/C21H26N2O6/c1-11-5-3-8-15(17(11)13-6-4-7-14(22)9-13)28-21-18(23-12(2)25)20(27)19(26)16(10-24)29-21/h3-9,16,18-21,24,26-27H,10,22H2,1-2H3,(H,23,25). The highest BCUT2D eigenvalue weighted by Crippen LogP contribution is 2.36. The molecule has 0 bridgehead atoms. The summed E-state index contributed by atoms with van der Waals surface area (Å²) in [5.74, 6) is 0.0393. The number of aliphatic hydroxyl groups excluding tert-OH is 3. The first-order valence-electron chi connectivity index (χ1n) is 9.33. The van der Waals surface area contributed by atoms with Gasteiger partial charge in [-0.1, -0.05) is 24.3 Å². The van der Waals surface area contributed by atoms with Crippen molar-refractivity contribution >= 4 is 11.6 Å². The first-order valence-corrected chi connectivity index (χ1v) is 9.33. The number of carbonyl (C=O) groups is 1. The predicted octanol–water partition coefficient (Wildman–Crippen LogP) is 0.567. The SMILES string of the molecule is CC(=O)NC1C(Oc2cccc(C)c2-c2cccc(N)c2)OC(CO)C(O)C1O. The van der Waals surface area contributed by atoms with Gasteiger partial charge in [0.25, 0.3) is 0 Å². The number of hydrogen-bond acceptors (Lipinski definition) is 7. The molecule has 2 aromatic rings. The summed E-state index contributed by atoms with van der Waals surface area (Å²) in [6.45, 7) is 2.70. The van der Waals surface area contributed by atoms with Crippen LogP contribution < -0.4 is 15.8 Å². The maximum atomic E-state index is 11.6. The third kappa shape index (κ3) is 4.51. The number of nitrogens with one attached hydrogen (secondary N) is 1. The van der Waals surface area contributed by atoms with Gasteiger partial charge in [0.15, 0.2) is 0 Å². The number of ether oxygens (including phenoxy) is 2. The van der Waals surface area contributed by atoms with Gasteiger partial charge in [-0.3, -0.25) is 4.79 Å². The highest BCUT2D eigenvalue weighted by atomic mass is 16.7. The predicted molar refractivity (Wildman–Crippen MR) is 107 cm³/mol. The van der Waals surface area contributed by atoms with Crippen molar-refractivity contribution in [3.05, 3.63) is 48.0 Å². The van der Waals surface area contributed by atoms with Crippen molar-refractivity contribution < 1.29 is 29.6 Å². The van der Waals surface area contributed by atoms with Gasteiger partial charge in [-0.15, -0.1) is 0 Å². The van der Waals surface area contributed by atoms with Crippen LogP contribution in [-0.4, -0.2) is 58.5 Å². The monoisotopic (exact) mass is 402 g/mol. The van der Waals surface area contributed by atoms with Crippen LogP contribution in [0.25, 0.3) is 11.1 Å². The number of hydrogen-bond donors (Lipinski definition) is 5. The Labute approximate surface area is 168 Å². The Bertz CT molecular complexity index is 874. The quantitative estimate of drug-likeness (QED) is 0.462. The van der Waals surface area contributed by atoms with Gasteiger partial charge in [0.1, 0.15) is 30.1 Å². The van der Waals surface area contributed by atoms with Crippen molar-refractivity contribution in [3.63, 3.8) is 0 Å². The lowest BCUT2D eigenvalue weighted by Crippen LogP contribution is -2.65. The molecular formula is C21H26N2O6. The molecule has 0 saturated carbocycles. The Hall–Kier alpha value is -2.65. The van der Waals surface area contributed by atoms with E-state index in [0.29, 0.717) is 11.4 Å². The lowest BCUT2D eigenvalue weighted by atomic mass is 9.96. The smallest absolute Gasteiger partial charge is 0.223 e. The zero-order valence-corrected chi connectivity index (χ0v) is 16.3. The Balaban J connectivity index is 1.98. The van der Waals surface area contributed by atoms with Gasteiger partial charge in [-0.05, 0) is 36.2 Å². The summed E-state index contributed by atoms with van der Waals surface area (Å²) >= 11 is 0. The van der Waals surface area contributed by atoms with Crippen LogP contribution in [-0.2, 0) is 9.53 Å². The maximum absolute atomic E-state index is 11.6. The number of benzene rings is 2. The van der Waals surface area contributed by atoms with Crippen molar-refractivity contribution in [2.45, 2.75) is 44.5 Å². The van der Waals surface area contributed by atoms with Gasteiger partial charge >= 0.3 is 0 Å². The van der Waals surface area contributed by atoms with Gasteiger partial charge in [0.05, 0.1) is 6.61 Å². The molecule has 156 valence electrons. The maximum Gasteiger partial charge on any atom is 0.223 e. The minimum Gasteiger partial charge on any atom is -0.462 e. The van der Waals surface area contributed by atoms with Crippen LogP contribution in [0.4, 0.5) is 5.69 Å². The molecule has 1 fully saturated rings. The van der Waals surface area contributed by atoms with E-state index in [0.717, 1.165) is 16.7 Å². The Morgan fingerprint density at radius 3 is 2.59 bits per heavy atom. The van der Waals surface area contributed by atoms with E-state index in [2.05, 4.69) is 5.32 Å². The highest BCUT2D eigenvalue weighted by Gasteiger charge is 2.46. The summed E-state index contributed by atoms with van der Waals surface area (Å²) in [4.78, 5) is 11.6. The molecule has 1 aliphatic rings.